The molecule has 0 amide bonds. The van der Waals surface area contributed by atoms with Gasteiger partial charge in [-0.25, -0.2) is 4.39 Å². The largest absolute Gasteiger partial charge is 0.497 e. The van der Waals surface area contributed by atoms with Crippen molar-refractivity contribution in [3.05, 3.63) is 24.0 Å². The molecule has 0 heterocycles. The van der Waals surface area contributed by atoms with Gasteiger partial charge < -0.3 is 15.2 Å². The molecule has 1 aliphatic rings. The van der Waals surface area contributed by atoms with Crippen molar-refractivity contribution in [2.24, 2.45) is 5.92 Å². The van der Waals surface area contributed by atoms with Crippen LogP contribution in [0.15, 0.2) is 18.2 Å². The number of benzene rings is 1. The van der Waals surface area contributed by atoms with Crippen LogP contribution in [-0.2, 0) is 4.79 Å². The van der Waals surface area contributed by atoms with E-state index in [1.165, 1.54) is 13.2 Å². The van der Waals surface area contributed by atoms with E-state index >= 15 is 0 Å². The van der Waals surface area contributed by atoms with Crippen LogP contribution >= 0.6 is 0 Å². The Morgan fingerprint density at radius 1 is 1.37 bits per heavy atom. The molecule has 4 nitrogen and oxygen atoms in total. The maximum Gasteiger partial charge on any atom is 0.306 e. The van der Waals surface area contributed by atoms with Crippen LogP contribution in [0, 0.1) is 11.7 Å². The van der Waals surface area contributed by atoms with Crippen molar-refractivity contribution in [3.8, 4) is 5.75 Å². The molecule has 0 spiro atoms. The lowest BCUT2D eigenvalue weighted by Gasteiger charge is -2.27. The monoisotopic (exact) mass is 267 g/mol. The molecule has 0 radical (unpaired) electrons. The molecule has 1 fully saturated rings. The van der Waals surface area contributed by atoms with Crippen molar-refractivity contribution in [3.63, 3.8) is 0 Å². The first-order valence-electron chi connectivity index (χ1n) is 6.43. The number of hydrogen-bond acceptors (Lipinski definition) is 3. The zero-order chi connectivity index (χ0) is 13.8. The molecular weight excluding hydrogens is 249 g/mol. The van der Waals surface area contributed by atoms with Gasteiger partial charge in [-0.1, -0.05) is 0 Å². The van der Waals surface area contributed by atoms with E-state index in [1.807, 2.05) is 0 Å². The number of aliphatic carboxylic acids is 1. The fraction of sp³-hybridized carbons (Fsp3) is 0.500. The molecular formula is C14H18FNO3. The highest BCUT2D eigenvalue weighted by molar-refractivity contribution is 5.70. The van der Waals surface area contributed by atoms with Crippen molar-refractivity contribution in [1.82, 2.24) is 0 Å². The Morgan fingerprint density at radius 3 is 2.63 bits per heavy atom. The fourth-order valence-corrected chi connectivity index (χ4v) is 2.45. The summed E-state index contributed by atoms with van der Waals surface area (Å²) in [6, 6.07) is 4.68. The van der Waals surface area contributed by atoms with E-state index in [4.69, 9.17) is 9.84 Å². The molecule has 2 N–H and O–H groups in total. The van der Waals surface area contributed by atoms with Gasteiger partial charge in [-0.05, 0) is 37.8 Å². The summed E-state index contributed by atoms with van der Waals surface area (Å²) < 4.78 is 18.7. The molecule has 0 atom stereocenters. The SMILES string of the molecule is COc1ccc(F)c(NC2CCC(C(=O)O)CC2)c1. The van der Waals surface area contributed by atoms with Crippen LogP contribution in [0.25, 0.3) is 0 Å². The molecule has 104 valence electrons. The minimum absolute atomic E-state index is 0.122. The highest BCUT2D eigenvalue weighted by atomic mass is 19.1. The second kappa shape index (κ2) is 5.91. The quantitative estimate of drug-likeness (QED) is 0.880. The molecule has 1 aromatic rings. The van der Waals surface area contributed by atoms with Crippen LogP contribution in [0.3, 0.4) is 0 Å². The van der Waals surface area contributed by atoms with Crippen LogP contribution < -0.4 is 10.1 Å². The number of carboxylic acid groups (broad SMARTS) is 1. The molecule has 2 rings (SSSR count). The van der Waals surface area contributed by atoms with Crippen molar-refractivity contribution in [1.29, 1.82) is 0 Å². The van der Waals surface area contributed by atoms with Gasteiger partial charge in [0.05, 0.1) is 18.7 Å². The van der Waals surface area contributed by atoms with Gasteiger partial charge in [0.25, 0.3) is 0 Å². The number of hydrogen-bond donors (Lipinski definition) is 2. The molecule has 1 aliphatic carbocycles. The standard InChI is InChI=1S/C14H18FNO3/c1-19-11-6-7-12(15)13(8-11)16-10-4-2-9(3-5-10)14(17)18/h6-10,16H,2-5H2,1H3,(H,17,18). The molecule has 1 aromatic carbocycles. The molecule has 0 bridgehead atoms. The van der Waals surface area contributed by atoms with E-state index in [2.05, 4.69) is 5.32 Å². The predicted octanol–water partition coefficient (Wildman–Crippen LogP) is 2.89. The number of rotatable bonds is 4. The van der Waals surface area contributed by atoms with Gasteiger partial charge in [0.2, 0.25) is 0 Å². The lowest BCUT2D eigenvalue weighted by Crippen LogP contribution is -2.29. The third-order valence-electron chi connectivity index (χ3n) is 3.61. The van der Waals surface area contributed by atoms with Crippen LogP contribution in [0.5, 0.6) is 5.75 Å². The van der Waals surface area contributed by atoms with E-state index in [0.29, 0.717) is 24.3 Å². The smallest absolute Gasteiger partial charge is 0.306 e. The van der Waals surface area contributed by atoms with Gasteiger partial charge in [0, 0.05) is 12.1 Å². The summed E-state index contributed by atoms with van der Waals surface area (Å²) >= 11 is 0. The summed E-state index contributed by atoms with van der Waals surface area (Å²) in [6.07, 6.45) is 2.76. The Hall–Kier alpha value is -1.78. The first-order chi connectivity index (χ1) is 9.10. The van der Waals surface area contributed by atoms with Crippen molar-refractivity contribution in [2.75, 3.05) is 12.4 Å². The number of carboxylic acids is 1. The van der Waals surface area contributed by atoms with Crippen LogP contribution in [0.2, 0.25) is 0 Å². The zero-order valence-corrected chi connectivity index (χ0v) is 10.9. The number of nitrogens with one attached hydrogen (secondary N) is 1. The Bertz CT molecular complexity index is 456. The van der Waals surface area contributed by atoms with Gasteiger partial charge in [-0.3, -0.25) is 4.79 Å². The molecule has 0 saturated heterocycles. The topological polar surface area (TPSA) is 58.6 Å². The number of anilines is 1. The third-order valence-corrected chi connectivity index (χ3v) is 3.61. The number of carbonyl (C=O) groups is 1. The average molecular weight is 267 g/mol. The molecule has 0 unspecified atom stereocenters. The van der Waals surface area contributed by atoms with Crippen LogP contribution in [-0.4, -0.2) is 24.2 Å². The Balaban J connectivity index is 1.97. The maximum atomic E-state index is 13.7. The van der Waals surface area contributed by atoms with E-state index in [0.717, 1.165) is 12.8 Å². The van der Waals surface area contributed by atoms with Crippen molar-refractivity contribution in [2.45, 2.75) is 31.7 Å². The number of halogens is 1. The molecule has 0 aliphatic heterocycles. The van der Waals surface area contributed by atoms with Gasteiger partial charge >= 0.3 is 5.97 Å². The van der Waals surface area contributed by atoms with Gasteiger partial charge in [0.1, 0.15) is 11.6 Å². The second-order valence-corrected chi connectivity index (χ2v) is 4.88. The van der Waals surface area contributed by atoms with Crippen LogP contribution in [0.1, 0.15) is 25.7 Å². The summed E-state index contributed by atoms with van der Waals surface area (Å²) in [5.41, 5.74) is 0.415. The normalized spacial score (nSPS) is 22.8. The second-order valence-electron chi connectivity index (χ2n) is 4.88. The minimum Gasteiger partial charge on any atom is -0.497 e. The highest BCUT2D eigenvalue weighted by Gasteiger charge is 2.26. The van der Waals surface area contributed by atoms with Gasteiger partial charge in [-0.2, -0.15) is 0 Å². The van der Waals surface area contributed by atoms with Gasteiger partial charge in [-0.15, -0.1) is 0 Å². The van der Waals surface area contributed by atoms with E-state index in [-0.39, 0.29) is 17.8 Å². The summed E-state index contributed by atoms with van der Waals surface area (Å²) in [6.45, 7) is 0. The first-order valence-corrected chi connectivity index (χ1v) is 6.43. The maximum absolute atomic E-state index is 13.7. The summed E-state index contributed by atoms with van der Waals surface area (Å²) in [5.74, 6) is -0.705. The van der Waals surface area contributed by atoms with E-state index < -0.39 is 5.97 Å². The number of ether oxygens (including phenoxy) is 1. The summed E-state index contributed by atoms with van der Waals surface area (Å²) in [5, 5.41) is 12.1. The minimum atomic E-state index is -0.731. The average Bonchev–Trinajstić information content (AvgIpc) is 2.42. The zero-order valence-electron chi connectivity index (χ0n) is 10.9. The van der Waals surface area contributed by atoms with Gasteiger partial charge in [0.15, 0.2) is 0 Å². The molecule has 0 aromatic heterocycles. The first kappa shape index (κ1) is 13.6. The van der Waals surface area contributed by atoms with Crippen molar-refractivity contribution < 1.29 is 19.0 Å². The summed E-state index contributed by atoms with van der Waals surface area (Å²) in [4.78, 5) is 10.9. The van der Waals surface area contributed by atoms with E-state index in [9.17, 15) is 9.18 Å². The predicted molar refractivity (Wildman–Crippen MR) is 70.0 cm³/mol. The third kappa shape index (κ3) is 3.36. The molecule has 5 heteroatoms. The highest BCUT2D eigenvalue weighted by Crippen LogP contribution is 2.29. The molecule has 1 saturated carbocycles. The Morgan fingerprint density at radius 2 is 2.05 bits per heavy atom. The summed E-state index contributed by atoms with van der Waals surface area (Å²) in [7, 11) is 1.54. The Kier molecular flexibility index (Phi) is 4.24. The van der Waals surface area contributed by atoms with Crippen molar-refractivity contribution >= 4 is 11.7 Å². The van der Waals surface area contributed by atoms with E-state index in [1.54, 1.807) is 12.1 Å². The lowest BCUT2D eigenvalue weighted by atomic mass is 9.86. The molecule has 19 heavy (non-hydrogen) atoms. The van der Waals surface area contributed by atoms with Crippen LogP contribution in [0.4, 0.5) is 10.1 Å². The number of methoxy groups -OCH3 is 1. The fourth-order valence-electron chi connectivity index (χ4n) is 2.45. The Labute approximate surface area is 111 Å². The lowest BCUT2D eigenvalue weighted by molar-refractivity contribution is -0.142.